The van der Waals surface area contributed by atoms with Crippen molar-refractivity contribution in [3.8, 4) is 11.5 Å². The van der Waals surface area contributed by atoms with Crippen molar-refractivity contribution in [1.29, 1.82) is 0 Å². The minimum absolute atomic E-state index is 0.0199. The molecule has 1 amide bonds. The van der Waals surface area contributed by atoms with Crippen LogP contribution in [0.25, 0.3) is 0 Å². The summed E-state index contributed by atoms with van der Waals surface area (Å²) < 4.78 is 11.4. The lowest BCUT2D eigenvalue weighted by atomic mass is 10.3. The van der Waals surface area contributed by atoms with E-state index in [0.717, 1.165) is 12.8 Å². The van der Waals surface area contributed by atoms with E-state index in [1.54, 1.807) is 19.3 Å². The standard InChI is InChI=1S/C13H18N2O3/c1-8(2)17-10-6-7-15-11(13(16)14-3)12(10)18-9-4-5-9/h6-9H,4-5H2,1-3H3,(H,14,16). The molecule has 2 rings (SSSR count). The average molecular weight is 250 g/mol. The predicted octanol–water partition coefficient (Wildman–Crippen LogP) is 1.77. The normalized spacial score (nSPS) is 14.4. The Labute approximate surface area is 107 Å². The Morgan fingerprint density at radius 3 is 2.78 bits per heavy atom. The molecule has 1 heterocycles. The van der Waals surface area contributed by atoms with Crippen LogP contribution in [0, 0.1) is 0 Å². The number of hydrogen-bond acceptors (Lipinski definition) is 4. The van der Waals surface area contributed by atoms with E-state index in [-0.39, 0.29) is 23.8 Å². The van der Waals surface area contributed by atoms with Crippen molar-refractivity contribution in [3.05, 3.63) is 18.0 Å². The van der Waals surface area contributed by atoms with Gasteiger partial charge in [-0.15, -0.1) is 0 Å². The van der Waals surface area contributed by atoms with E-state index in [0.29, 0.717) is 11.5 Å². The third-order valence-corrected chi connectivity index (χ3v) is 2.48. The van der Waals surface area contributed by atoms with Crippen molar-refractivity contribution in [2.75, 3.05) is 7.05 Å². The van der Waals surface area contributed by atoms with Crippen molar-refractivity contribution >= 4 is 5.91 Å². The Morgan fingerprint density at radius 1 is 1.50 bits per heavy atom. The second-order valence-electron chi connectivity index (χ2n) is 4.55. The Hall–Kier alpha value is -1.78. The molecule has 1 N–H and O–H groups in total. The highest BCUT2D eigenvalue weighted by atomic mass is 16.5. The number of nitrogens with one attached hydrogen (secondary N) is 1. The van der Waals surface area contributed by atoms with Gasteiger partial charge >= 0.3 is 0 Å². The molecule has 1 aromatic rings. The summed E-state index contributed by atoms with van der Waals surface area (Å²) in [5.41, 5.74) is 0.280. The summed E-state index contributed by atoms with van der Waals surface area (Å²) in [6.07, 6.45) is 3.80. The second-order valence-corrected chi connectivity index (χ2v) is 4.55. The fourth-order valence-electron chi connectivity index (χ4n) is 1.52. The number of carbonyl (C=O) groups excluding carboxylic acids is 1. The highest BCUT2D eigenvalue weighted by molar-refractivity contribution is 5.95. The summed E-state index contributed by atoms with van der Waals surface area (Å²) in [6, 6.07) is 1.73. The lowest BCUT2D eigenvalue weighted by Gasteiger charge is -2.16. The van der Waals surface area contributed by atoms with Gasteiger partial charge in [0.05, 0.1) is 12.2 Å². The smallest absolute Gasteiger partial charge is 0.273 e. The first-order chi connectivity index (χ1) is 8.61. The largest absolute Gasteiger partial charge is 0.487 e. The number of carbonyl (C=O) groups is 1. The number of ether oxygens (including phenoxy) is 2. The molecule has 0 aromatic carbocycles. The van der Waals surface area contributed by atoms with Crippen LogP contribution in [0.4, 0.5) is 0 Å². The molecule has 1 saturated carbocycles. The van der Waals surface area contributed by atoms with Gasteiger partial charge in [0.2, 0.25) is 0 Å². The Kier molecular flexibility index (Phi) is 3.69. The molecule has 0 unspecified atom stereocenters. The SMILES string of the molecule is CNC(=O)c1nccc(OC(C)C)c1OC1CC1. The van der Waals surface area contributed by atoms with Crippen LogP contribution in [0.1, 0.15) is 37.2 Å². The van der Waals surface area contributed by atoms with Crippen LogP contribution in [0.15, 0.2) is 12.3 Å². The maximum absolute atomic E-state index is 11.8. The van der Waals surface area contributed by atoms with Crippen LogP contribution in [-0.4, -0.2) is 30.1 Å². The highest BCUT2D eigenvalue weighted by Gasteiger charge is 2.28. The fraction of sp³-hybridized carbons (Fsp3) is 0.538. The summed E-state index contributed by atoms with van der Waals surface area (Å²) in [7, 11) is 1.57. The maximum atomic E-state index is 11.8. The monoisotopic (exact) mass is 250 g/mol. The molecule has 0 bridgehead atoms. The van der Waals surface area contributed by atoms with Crippen molar-refractivity contribution in [2.24, 2.45) is 0 Å². The molecule has 5 nitrogen and oxygen atoms in total. The first-order valence-corrected chi connectivity index (χ1v) is 6.16. The van der Waals surface area contributed by atoms with Crippen molar-refractivity contribution in [2.45, 2.75) is 38.9 Å². The zero-order valence-electron chi connectivity index (χ0n) is 10.9. The molecule has 1 aromatic heterocycles. The van der Waals surface area contributed by atoms with Gasteiger partial charge < -0.3 is 14.8 Å². The average Bonchev–Trinajstić information content (AvgIpc) is 3.13. The van der Waals surface area contributed by atoms with Gasteiger partial charge in [0, 0.05) is 19.3 Å². The third-order valence-electron chi connectivity index (χ3n) is 2.48. The zero-order chi connectivity index (χ0) is 13.1. The van der Waals surface area contributed by atoms with E-state index in [2.05, 4.69) is 10.3 Å². The minimum Gasteiger partial charge on any atom is -0.487 e. The summed E-state index contributed by atoms with van der Waals surface area (Å²) in [5, 5.41) is 2.56. The topological polar surface area (TPSA) is 60.5 Å². The lowest BCUT2D eigenvalue weighted by molar-refractivity contribution is 0.0951. The quantitative estimate of drug-likeness (QED) is 0.865. The molecule has 0 atom stereocenters. The van der Waals surface area contributed by atoms with Crippen molar-refractivity contribution in [3.63, 3.8) is 0 Å². The molecule has 98 valence electrons. The number of rotatable bonds is 5. The van der Waals surface area contributed by atoms with E-state index in [1.807, 2.05) is 13.8 Å². The third kappa shape index (κ3) is 2.91. The summed E-state index contributed by atoms with van der Waals surface area (Å²) in [5.74, 6) is 0.762. The van der Waals surface area contributed by atoms with E-state index in [4.69, 9.17) is 9.47 Å². The number of nitrogens with zero attached hydrogens (tertiary/aromatic N) is 1. The van der Waals surface area contributed by atoms with E-state index in [9.17, 15) is 4.79 Å². The van der Waals surface area contributed by atoms with E-state index < -0.39 is 0 Å². The van der Waals surface area contributed by atoms with Crippen LogP contribution in [0.5, 0.6) is 11.5 Å². The second kappa shape index (κ2) is 5.25. The molecule has 0 spiro atoms. The highest BCUT2D eigenvalue weighted by Crippen LogP contribution is 2.36. The molecule has 1 aliphatic carbocycles. The predicted molar refractivity (Wildman–Crippen MR) is 67.0 cm³/mol. The Bertz CT molecular complexity index is 442. The first-order valence-electron chi connectivity index (χ1n) is 6.16. The van der Waals surface area contributed by atoms with Gasteiger partial charge in [-0.05, 0) is 26.7 Å². The number of pyridine rings is 1. The molecule has 0 saturated heterocycles. The molecular weight excluding hydrogens is 232 g/mol. The molecule has 18 heavy (non-hydrogen) atoms. The molecule has 0 radical (unpaired) electrons. The lowest BCUT2D eigenvalue weighted by Crippen LogP contribution is -2.21. The summed E-state index contributed by atoms with van der Waals surface area (Å²) in [4.78, 5) is 15.8. The van der Waals surface area contributed by atoms with E-state index in [1.165, 1.54) is 0 Å². The van der Waals surface area contributed by atoms with Crippen LogP contribution in [-0.2, 0) is 0 Å². The minimum atomic E-state index is -0.264. The number of aromatic nitrogens is 1. The number of amides is 1. The van der Waals surface area contributed by atoms with Crippen molar-refractivity contribution < 1.29 is 14.3 Å². The zero-order valence-corrected chi connectivity index (χ0v) is 10.9. The van der Waals surface area contributed by atoms with Crippen molar-refractivity contribution in [1.82, 2.24) is 10.3 Å². The van der Waals surface area contributed by atoms with Gasteiger partial charge in [-0.3, -0.25) is 4.79 Å². The van der Waals surface area contributed by atoms with Gasteiger partial charge in [-0.25, -0.2) is 4.98 Å². The fourth-order valence-corrected chi connectivity index (χ4v) is 1.52. The molecule has 0 aliphatic heterocycles. The molecular formula is C13H18N2O3. The van der Waals surface area contributed by atoms with Crippen LogP contribution >= 0.6 is 0 Å². The Morgan fingerprint density at radius 2 is 2.22 bits per heavy atom. The van der Waals surface area contributed by atoms with Gasteiger partial charge in [-0.2, -0.15) is 0 Å². The Balaban J connectivity index is 2.34. The van der Waals surface area contributed by atoms with Crippen LogP contribution in [0.3, 0.4) is 0 Å². The first kappa shape index (κ1) is 12.7. The molecule has 1 aliphatic rings. The van der Waals surface area contributed by atoms with Gasteiger partial charge in [0.1, 0.15) is 0 Å². The van der Waals surface area contributed by atoms with Crippen LogP contribution < -0.4 is 14.8 Å². The van der Waals surface area contributed by atoms with Gasteiger partial charge in [-0.1, -0.05) is 0 Å². The van der Waals surface area contributed by atoms with Gasteiger partial charge in [0.15, 0.2) is 17.2 Å². The molecule has 5 heteroatoms. The molecule has 1 fully saturated rings. The van der Waals surface area contributed by atoms with Crippen LogP contribution in [0.2, 0.25) is 0 Å². The van der Waals surface area contributed by atoms with Gasteiger partial charge in [0.25, 0.3) is 5.91 Å². The van der Waals surface area contributed by atoms with E-state index >= 15 is 0 Å². The maximum Gasteiger partial charge on any atom is 0.273 e. The number of hydrogen-bond donors (Lipinski definition) is 1. The summed E-state index contributed by atoms with van der Waals surface area (Å²) >= 11 is 0. The summed E-state index contributed by atoms with van der Waals surface area (Å²) in [6.45, 7) is 3.86.